The molecule has 0 fully saturated rings. The van der Waals surface area contributed by atoms with Crippen LogP contribution in [0.4, 0.5) is 10.2 Å². The number of benzene rings is 1. The van der Waals surface area contributed by atoms with Gasteiger partial charge < -0.3 is 5.73 Å². The second-order valence-electron chi connectivity index (χ2n) is 7.80. The second kappa shape index (κ2) is 7.81. The van der Waals surface area contributed by atoms with E-state index in [4.69, 9.17) is 10.7 Å². The summed E-state index contributed by atoms with van der Waals surface area (Å²) in [5.74, 6) is -0.243. The standard InChI is InChI=1S/C24H22FN5S/c1-14(2)31-24-29-21(22-23(26)27-12-13-30(22)24)17-10-8-16-9-11-18(28-20(16)19(17)25)15-6-4-3-5-7-15/h3-14,17,19H,1-2H3,(H2,26,27). The summed E-state index contributed by atoms with van der Waals surface area (Å²) in [6.45, 7) is 4.19. The zero-order valence-electron chi connectivity index (χ0n) is 17.2. The van der Waals surface area contributed by atoms with E-state index >= 15 is 4.39 Å². The first kappa shape index (κ1) is 19.8. The van der Waals surface area contributed by atoms with Gasteiger partial charge in [0.05, 0.1) is 23.0 Å². The van der Waals surface area contributed by atoms with Crippen LogP contribution in [0.15, 0.2) is 66.1 Å². The normalized spacial score (nSPS) is 17.9. The summed E-state index contributed by atoms with van der Waals surface area (Å²) in [5.41, 5.74) is 10.4. The van der Waals surface area contributed by atoms with Crippen molar-refractivity contribution in [3.63, 3.8) is 0 Å². The number of fused-ring (bicyclic) bond motifs is 2. The van der Waals surface area contributed by atoms with E-state index in [1.54, 1.807) is 18.0 Å². The number of rotatable bonds is 4. The highest BCUT2D eigenvalue weighted by Gasteiger charge is 2.33. The van der Waals surface area contributed by atoms with Gasteiger partial charge in [-0.1, -0.05) is 74.2 Å². The summed E-state index contributed by atoms with van der Waals surface area (Å²) >= 11 is 1.61. The number of nitrogens with zero attached hydrogens (tertiary/aromatic N) is 4. The average Bonchev–Trinajstić information content (AvgIpc) is 3.13. The fourth-order valence-corrected chi connectivity index (χ4v) is 4.75. The van der Waals surface area contributed by atoms with Crippen molar-refractivity contribution < 1.29 is 4.39 Å². The molecule has 5 rings (SSSR count). The summed E-state index contributed by atoms with van der Waals surface area (Å²) in [7, 11) is 0. The summed E-state index contributed by atoms with van der Waals surface area (Å²) in [6, 6.07) is 13.7. The predicted molar refractivity (Wildman–Crippen MR) is 124 cm³/mol. The maximum Gasteiger partial charge on any atom is 0.173 e. The number of nitrogen functional groups attached to an aromatic ring is 1. The van der Waals surface area contributed by atoms with Gasteiger partial charge in [0.15, 0.2) is 11.3 Å². The fraction of sp³-hybridized carbons (Fsp3) is 0.208. The van der Waals surface area contributed by atoms with Crippen molar-refractivity contribution in [2.75, 3.05) is 5.73 Å². The summed E-state index contributed by atoms with van der Waals surface area (Å²) in [6.07, 6.45) is 5.91. The molecule has 2 unspecified atom stereocenters. The van der Waals surface area contributed by atoms with E-state index in [1.165, 1.54) is 0 Å². The Morgan fingerprint density at radius 1 is 1.06 bits per heavy atom. The molecule has 0 spiro atoms. The highest BCUT2D eigenvalue weighted by molar-refractivity contribution is 7.99. The Bertz CT molecular complexity index is 1280. The number of anilines is 1. The molecule has 2 atom stereocenters. The van der Waals surface area contributed by atoms with E-state index < -0.39 is 12.1 Å². The lowest BCUT2D eigenvalue weighted by Crippen LogP contribution is -2.13. The third-order valence-corrected chi connectivity index (χ3v) is 6.29. The minimum Gasteiger partial charge on any atom is -0.382 e. The maximum atomic E-state index is 15.9. The van der Waals surface area contributed by atoms with Crippen molar-refractivity contribution in [1.82, 2.24) is 19.4 Å². The molecule has 0 amide bonds. The Morgan fingerprint density at radius 2 is 1.87 bits per heavy atom. The van der Waals surface area contributed by atoms with Gasteiger partial charge in [-0.2, -0.15) is 0 Å². The molecule has 156 valence electrons. The van der Waals surface area contributed by atoms with Crippen LogP contribution in [0.25, 0.3) is 22.9 Å². The third-order valence-electron chi connectivity index (χ3n) is 5.32. The van der Waals surface area contributed by atoms with Crippen molar-refractivity contribution in [2.45, 2.75) is 36.3 Å². The topological polar surface area (TPSA) is 69.1 Å². The number of hydrogen-bond donors (Lipinski definition) is 1. The van der Waals surface area contributed by atoms with E-state index in [-0.39, 0.29) is 0 Å². The number of hydrogen-bond acceptors (Lipinski definition) is 5. The van der Waals surface area contributed by atoms with Crippen LogP contribution in [-0.2, 0) is 0 Å². The number of alkyl halides is 1. The van der Waals surface area contributed by atoms with Gasteiger partial charge in [-0.05, 0) is 11.6 Å². The van der Waals surface area contributed by atoms with Crippen LogP contribution in [-0.4, -0.2) is 24.6 Å². The minimum atomic E-state index is -1.33. The lowest BCUT2D eigenvalue weighted by atomic mass is 9.88. The van der Waals surface area contributed by atoms with Gasteiger partial charge >= 0.3 is 0 Å². The van der Waals surface area contributed by atoms with Gasteiger partial charge in [0.1, 0.15) is 11.3 Å². The first-order chi connectivity index (χ1) is 15.0. The van der Waals surface area contributed by atoms with E-state index in [0.29, 0.717) is 28.0 Å². The molecule has 5 nitrogen and oxygen atoms in total. The van der Waals surface area contributed by atoms with E-state index in [9.17, 15) is 0 Å². The molecule has 0 aliphatic heterocycles. The van der Waals surface area contributed by atoms with Crippen LogP contribution >= 0.6 is 11.8 Å². The Morgan fingerprint density at radius 3 is 2.65 bits per heavy atom. The highest BCUT2D eigenvalue weighted by atomic mass is 32.2. The lowest BCUT2D eigenvalue weighted by Gasteiger charge is -2.23. The highest BCUT2D eigenvalue weighted by Crippen LogP contribution is 2.43. The molecule has 2 N–H and O–H groups in total. The van der Waals surface area contributed by atoms with Gasteiger partial charge in [-0.3, -0.25) is 4.40 Å². The van der Waals surface area contributed by atoms with Crippen LogP contribution in [0.1, 0.15) is 42.9 Å². The number of halogens is 1. The number of pyridine rings is 1. The molecule has 31 heavy (non-hydrogen) atoms. The quantitative estimate of drug-likeness (QED) is 0.420. The van der Waals surface area contributed by atoms with Crippen molar-refractivity contribution in [1.29, 1.82) is 0 Å². The van der Waals surface area contributed by atoms with Crippen LogP contribution in [0.3, 0.4) is 0 Å². The van der Waals surface area contributed by atoms with Crippen LogP contribution in [0, 0.1) is 0 Å². The van der Waals surface area contributed by atoms with Gasteiger partial charge in [-0.25, -0.2) is 19.3 Å². The molecule has 0 bridgehead atoms. The Labute approximate surface area is 184 Å². The van der Waals surface area contributed by atoms with Gasteiger partial charge in [0, 0.05) is 23.2 Å². The molecule has 1 aliphatic carbocycles. The van der Waals surface area contributed by atoms with E-state index in [0.717, 1.165) is 22.0 Å². The van der Waals surface area contributed by atoms with Gasteiger partial charge in [0.25, 0.3) is 0 Å². The Kier molecular flexibility index (Phi) is 4.98. The number of aromatic nitrogens is 4. The largest absolute Gasteiger partial charge is 0.382 e. The monoisotopic (exact) mass is 431 g/mol. The molecule has 3 heterocycles. The average molecular weight is 432 g/mol. The first-order valence-electron chi connectivity index (χ1n) is 10.2. The molecular weight excluding hydrogens is 409 g/mol. The smallest absolute Gasteiger partial charge is 0.173 e. The number of imidazole rings is 1. The molecule has 0 radical (unpaired) electrons. The Balaban J connectivity index is 1.61. The minimum absolute atomic E-state index is 0.326. The zero-order chi connectivity index (χ0) is 21.5. The van der Waals surface area contributed by atoms with Gasteiger partial charge in [0.2, 0.25) is 0 Å². The van der Waals surface area contributed by atoms with Crippen molar-refractivity contribution >= 4 is 29.2 Å². The zero-order valence-corrected chi connectivity index (χ0v) is 18.1. The molecule has 0 saturated heterocycles. The molecule has 4 aromatic rings. The van der Waals surface area contributed by atoms with E-state index in [2.05, 4.69) is 23.8 Å². The summed E-state index contributed by atoms with van der Waals surface area (Å²) in [5, 5.41) is 1.11. The summed E-state index contributed by atoms with van der Waals surface area (Å²) in [4.78, 5) is 13.7. The van der Waals surface area contributed by atoms with Crippen LogP contribution in [0.5, 0.6) is 0 Å². The summed E-state index contributed by atoms with van der Waals surface area (Å²) < 4.78 is 17.8. The first-order valence-corrected chi connectivity index (χ1v) is 11.1. The van der Waals surface area contributed by atoms with Crippen molar-refractivity contribution in [2.24, 2.45) is 0 Å². The second-order valence-corrected chi connectivity index (χ2v) is 9.34. The maximum absolute atomic E-state index is 15.9. The number of nitrogens with two attached hydrogens (primary N) is 1. The molecule has 0 saturated carbocycles. The molecule has 1 aliphatic rings. The SMILES string of the molecule is CC(C)Sc1nc(C2C=Cc3ccc(-c4ccccc4)nc3C2F)c2c(N)nccn12. The lowest BCUT2D eigenvalue weighted by molar-refractivity contribution is 0.304. The fourth-order valence-electron chi connectivity index (χ4n) is 3.91. The molecule has 7 heteroatoms. The molecule has 1 aromatic carbocycles. The molecule has 3 aromatic heterocycles. The molecular formula is C24H22FN5S. The van der Waals surface area contributed by atoms with Crippen LogP contribution < -0.4 is 5.73 Å². The van der Waals surface area contributed by atoms with E-state index in [1.807, 2.05) is 65.2 Å². The third kappa shape index (κ3) is 3.49. The number of thioether (sulfide) groups is 1. The Hall–Kier alpha value is -3.19. The van der Waals surface area contributed by atoms with Gasteiger partial charge in [-0.15, -0.1) is 0 Å². The predicted octanol–water partition coefficient (Wildman–Crippen LogP) is 5.70. The van der Waals surface area contributed by atoms with Crippen molar-refractivity contribution in [3.05, 3.63) is 77.9 Å². The number of allylic oxidation sites excluding steroid dienone is 1. The van der Waals surface area contributed by atoms with Crippen molar-refractivity contribution in [3.8, 4) is 11.3 Å². The van der Waals surface area contributed by atoms with Crippen LogP contribution in [0.2, 0.25) is 0 Å².